The maximum Gasteiger partial charge on any atom is 0.223 e. The zero-order valence-electron chi connectivity index (χ0n) is 14.7. The van der Waals surface area contributed by atoms with Gasteiger partial charge in [0.1, 0.15) is 0 Å². The first-order valence-electron chi connectivity index (χ1n) is 8.59. The van der Waals surface area contributed by atoms with Crippen LogP contribution in [-0.2, 0) is 12.0 Å². The van der Waals surface area contributed by atoms with Crippen molar-refractivity contribution >= 4 is 35.6 Å². The van der Waals surface area contributed by atoms with Crippen molar-refractivity contribution in [3.8, 4) is 0 Å². The van der Waals surface area contributed by atoms with Crippen molar-refractivity contribution in [3.63, 3.8) is 0 Å². The minimum atomic E-state index is 0. The number of benzene rings is 1. The van der Waals surface area contributed by atoms with Crippen molar-refractivity contribution < 1.29 is 4.52 Å². The number of nitrogens with zero attached hydrogens (tertiary/aromatic N) is 4. The van der Waals surface area contributed by atoms with E-state index in [-0.39, 0.29) is 29.4 Å². The standard InChI is InChI=1S/C18H23N5O.HI/c1-13-21-16(22-24-13)11-20-17(19-2)23-12-18(9-5-6-10-18)14-7-3-4-8-15(14)23;/h3-4,7-8H,5-6,9-12H2,1-2H3,(H,19,20);1H. The predicted molar refractivity (Wildman–Crippen MR) is 109 cm³/mol. The molecule has 1 aliphatic carbocycles. The number of fused-ring (bicyclic) bond motifs is 2. The molecule has 1 N–H and O–H groups in total. The third-order valence-electron chi connectivity index (χ3n) is 5.23. The van der Waals surface area contributed by atoms with Gasteiger partial charge in [-0.15, -0.1) is 24.0 Å². The molecule has 134 valence electrons. The minimum Gasteiger partial charge on any atom is -0.349 e. The highest BCUT2D eigenvalue weighted by molar-refractivity contribution is 14.0. The molecular weight excluding hydrogens is 429 g/mol. The van der Waals surface area contributed by atoms with Crippen LogP contribution in [0.5, 0.6) is 0 Å². The molecule has 1 saturated carbocycles. The number of para-hydroxylation sites is 1. The second-order valence-electron chi connectivity index (χ2n) is 6.72. The molecule has 7 heteroatoms. The highest BCUT2D eigenvalue weighted by Crippen LogP contribution is 2.50. The van der Waals surface area contributed by atoms with Gasteiger partial charge in [0.2, 0.25) is 5.89 Å². The van der Waals surface area contributed by atoms with Gasteiger partial charge in [-0.1, -0.05) is 36.2 Å². The number of aliphatic imine (C=N–C) groups is 1. The van der Waals surface area contributed by atoms with E-state index in [4.69, 9.17) is 4.52 Å². The zero-order chi connectivity index (χ0) is 16.6. The lowest BCUT2D eigenvalue weighted by Crippen LogP contribution is -2.43. The van der Waals surface area contributed by atoms with E-state index < -0.39 is 0 Å². The highest BCUT2D eigenvalue weighted by Gasteiger charge is 2.45. The summed E-state index contributed by atoms with van der Waals surface area (Å²) in [6, 6.07) is 8.75. The summed E-state index contributed by atoms with van der Waals surface area (Å²) < 4.78 is 5.03. The van der Waals surface area contributed by atoms with E-state index in [1.807, 2.05) is 7.05 Å². The third-order valence-corrected chi connectivity index (χ3v) is 5.23. The summed E-state index contributed by atoms with van der Waals surface area (Å²) in [6.45, 7) is 3.30. The average Bonchev–Trinajstić information content (AvgIpc) is 3.31. The average molecular weight is 453 g/mol. The van der Waals surface area contributed by atoms with Crippen molar-refractivity contribution in [1.82, 2.24) is 15.5 Å². The molecule has 0 atom stereocenters. The molecule has 1 fully saturated rings. The van der Waals surface area contributed by atoms with Crippen LogP contribution in [0.2, 0.25) is 0 Å². The van der Waals surface area contributed by atoms with Crippen LogP contribution < -0.4 is 10.2 Å². The number of rotatable bonds is 2. The van der Waals surface area contributed by atoms with E-state index in [1.165, 1.54) is 36.9 Å². The van der Waals surface area contributed by atoms with Crippen molar-refractivity contribution in [2.24, 2.45) is 4.99 Å². The third kappa shape index (κ3) is 3.26. The Labute approximate surface area is 165 Å². The summed E-state index contributed by atoms with van der Waals surface area (Å²) in [7, 11) is 1.83. The number of nitrogens with one attached hydrogen (secondary N) is 1. The van der Waals surface area contributed by atoms with Crippen LogP contribution in [0.3, 0.4) is 0 Å². The highest BCUT2D eigenvalue weighted by atomic mass is 127. The van der Waals surface area contributed by atoms with Gasteiger partial charge in [0, 0.05) is 31.6 Å². The van der Waals surface area contributed by atoms with Gasteiger partial charge in [-0.05, 0) is 24.5 Å². The molecule has 2 aromatic rings. The Morgan fingerprint density at radius 3 is 2.76 bits per heavy atom. The molecule has 0 bridgehead atoms. The summed E-state index contributed by atoms with van der Waals surface area (Å²) >= 11 is 0. The fourth-order valence-electron chi connectivity index (χ4n) is 4.17. The van der Waals surface area contributed by atoms with Gasteiger partial charge in [0.25, 0.3) is 0 Å². The molecule has 0 amide bonds. The number of hydrogen-bond donors (Lipinski definition) is 1. The van der Waals surface area contributed by atoms with Crippen LogP contribution in [0.25, 0.3) is 0 Å². The first-order chi connectivity index (χ1) is 11.7. The second kappa shape index (κ2) is 7.31. The Hall–Kier alpha value is -1.64. The Morgan fingerprint density at radius 1 is 1.32 bits per heavy atom. The fourth-order valence-corrected chi connectivity index (χ4v) is 4.17. The van der Waals surface area contributed by atoms with E-state index in [9.17, 15) is 0 Å². The lowest BCUT2D eigenvalue weighted by Gasteiger charge is -2.26. The summed E-state index contributed by atoms with van der Waals surface area (Å²) in [4.78, 5) is 11.0. The largest absolute Gasteiger partial charge is 0.349 e. The van der Waals surface area contributed by atoms with Crippen LogP contribution in [0, 0.1) is 6.92 Å². The van der Waals surface area contributed by atoms with E-state index >= 15 is 0 Å². The Bertz CT molecular complexity index is 766. The molecule has 2 heterocycles. The molecule has 2 aliphatic rings. The molecule has 1 aliphatic heterocycles. The van der Waals surface area contributed by atoms with Gasteiger partial charge >= 0.3 is 0 Å². The van der Waals surface area contributed by atoms with Crippen LogP contribution in [-0.4, -0.2) is 29.7 Å². The van der Waals surface area contributed by atoms with Crippen molar-refractivity contribution in [2.45, 2.75) is 44.6 Å². The summed E-state index contributed by atoms with van der Waals surface area (Å²) in [5, 5.41) is 7.32. The van der Waals surface area contributed by atoms with Gasteiger partial charge in [-0.25, -0.2) is 0 Å². The smallest absolute Gasteiger partial charge is 0.223 e. The molecule has 1 aromatic carbocycles. The van der Waals surface area contributed by atoms with Gasteiger partial charge < -0.3 is 14.7 Å². The van der Waals surface area contributed by atoms with E-state index in [1.54, 1.807) is 6.92 Å². The van der Waals surface area contributed by atoms with Crippen LogP contribution >= 0.6 is 24.0 Å². The predicted octanol–water partition coefficient (Wildman–Crippen LogP) is 3.40. The van der Waals surface area contributed by atoms with Gasteiger partial charge in [0.15, 0.2) is 11.8 Å². The molecule has 4 rings (SSSR count). The normalized spacial score (nSPS) is 18.3. The van der Waals surface area contributed by atoms with Gasteiger partial charge in [0.05, 0.1) is 6.54 Å². The summed E-state index contributed by atoms with van der Waals surface area (Å²) in [6.07, 6.45) is 5.16. The van der Waals surface area contributed by atoms with Crippen molar-refractivity contribution in [3.05, 3.63) is 41.5 Å². The number of hydrogen-bond acceptors (Lipinski definition) is 4. The number of aryl methyl sites for hydroxylation is 1. The van der Waals surface area contributed by atoms with E-state index in [2.05, 4.69) is 49.6 Å². The Morgan fingerprint density at radius 2 is 2.08 bits per heavy atom. The van der Waals surface area contributed by atoms with Crippen LogP contribution in [0.15, 0.2) is 33.8 Å². The van der Waals surface area contributed by atoms with Crippen molar-refractivity contribution in [2.75, 3.05) is 18.5 Å². The topological polar surface area (TPSA) is 66.5 Å². The first kappa shape index (κ1) is 18.2. The molecule has 0 saturated heterocycles. The molecular formula is C18H24IN5O. The molecule has 6 nitrogen and oxygen atoms in total. The molecule has 1 aromatic heterocycles. The van der Waals surface area contributed by atoms with Crippen LogP contribution in [0.1, 0.15) is 43.0 Å². The maximum absolute atomic E-state index is 5.03. The van der Waals surface area contributed by atoms with Crippen molar-refractivity contribution in [1.29, 1.82) is 0 Å². The quantitative estimate of drug-likeness (QED) is 0.429. The number of halogens is 1. The lowest BCUT2D eigenvalue weighted by atomic mass is 9.81. The van der Waals surface area contributed by atoms with E-state index in [0.29, 0.717) is 18.3 Å². The second-order valence-corrected chi connectivity index (χ2v) is 6.72. The summed E-state index contributed by atoms with van der Waals surface area (Å²) in [5.41, 5.74) is 3.04. The molecule has 1 spiro atoms. The van der Waals surface area contributed by atoms with E-state index in [0.717, 1.165) is 12.5 Å². The minimum absolute atomic E-state index is 0. The number of aromatic nitrogens is 2. The summed E-state index contributed by atoms with van der Waals surface area (Å²) in [5.74, 6) is 2.10. The fraction of sp³-hybridized carbons (Fsp3) is 0.500. The lowest BCUT2D eigenvalue weighted by molar-refractivity contribution is 0.387. The Balaban J connectivity index is 0.00000182. The molecule has 0 radical (unpaired) electrons. The number of anilines is 1. The molecule has 0 unspecified atom stereocenters. The molecule has 25 heavy (non-hydrogen) atoms. The maximum atomic E-state index is 5.03. The SMILES string of the molecule is CN=C(NCc1noc(C)n1)N1CC2(CCCC2)c2ccccc21.I. The Kier molecular flexibility index (Phi) is 5.31. The first-order valence-corrected chi connectivity index (χ1v) is 8.59. The van der Waals surface area contributed by atoms with Gasteiger partial charge in [-0.3, -0.25) is 4.99 Å². The van der Waals surface area contributed by atoms with Crippen LogP contribution in [0.4, 0.5) is 5.69 Å². The zero-order valence-corrected chi connectivity index (χ0v) is 17.0. The number of guanidine groups is 1. The van der Waals surface area contributed by atoms with Gasteiger partial charge in [-0.2, -0.15) is 4.98 Å². The monoisotopic (exact) mass is 453 g/mol.